The molecule has 0 atom stereocenters. The van der Waals surface area contributed by atoms with E-state index >= 15 is 0 Å². The van der Waals surface area contributed by atoms with Gasteiger partial charge in [0.1, 0.15) is 11.4 Å². The topological polar surface area (TPSA) is 44.3 Å². The van der Waals surface area contributed by atoms with E-state index in [-0.39, 0.29) is 18.1 Å². The van der Waals surface area contributed by atoms with Crippen molar-refractivity contribution in [1.29, 1.82) is 0 Å². The zero-order chi connectivity index (χ0) is 16.3. The molecule has 1 aromatic carbocycles. The summed E-state index contributed by atoms with van der Waals surface area (Å²) in [4.78, 5) is 12.1. The van der Waals surface area contributed by atoms with Crippen molar-refractivity contribution >= 4 is 12.2 Å². The van der Waals surface area contributed by atoms with Gasteiger partial charge in [0, 0.05) is 6.07 Å². The van der Waals surface area contributed by atoms with E-state index in [1.165, 1.54) is 0 Å². The molecular weight excluding hydrogens is 316 g/mol. The van der Waals surface area contributed by atoms with Gasteiger partial charge in [-0.3, -0.25) is 0 Å². The first kappa shape index (κ1) is 18.8. The fourth-order valence-electron chi connectivity index (χ4n) is 2.19. The van der Waals surface area contributed by atoms with Gasteiger partial charge >= 0.3 is 5.69 Å². The van der Waals surface area contributed by atoms with Crippen LogP contribution in [0.3, 0.4) is 0 Å². The van der Waals surface area contributed by atoms with Crippen LogP contribution in [0.5, 0.6) is 11.5 Å². The minimum atomic E-state index is -0.0491. The van der Waals surface area contributed by atoms with Crippen LogP contribution in [0, 0.1) is 6.92 Å². The molecule has 0 aliphatic carbocycles. The van der Waals surface area contributed by atoms with Crippen molar-refractivity contribution in [3.05, 3.63) is 51.7 Å². The average Bonchev–Trinajstić information content (AvgIpc) is 2.54. The number of nitrogens with zero attached hydrogens (tertiary/aromatic N) is 2. The van der Waals surface area contributed by atoms with Crippen molar-refractivity contribution in [2.75, 3.05) is 14.2 Å². The Balaban J connectivity index is 0.00000264. The van der Waals surface area contributed by atoms with Crippen LogP contribution in [0.15, 0.2) is 29.1 Å². The minimum Gasteiger partial charge on any atom is -1.00 e. The van der Waals surface area contributed by atoms with Crippen LogP contribution in [-0.2, 0) is 14.1 Å². The summed E-state index contributed by atoms with van der Waals surface area (Å²) in [5, 5.41) is 0. The van der Waals surface area contributed by atoms with Gasteiger partial charge in [-0.15, -0.1) is 0 Å². The normalized spacial score (nSPS) is 10.5. The fraction of sp³-hybridized carbons (Fsp3) is 0.294. The Morgan fingerprint density at radius 1 is 1.09 bits per heavy atom. The minimum absolute atomic E-state index is 0. The molecule has 0 radical (unpaired) electrons. The Hall–Kier alpha value is -2.27. The standard InChI is InChI=1S/C17H21N2O3.ClH/c1-12-10-14(19(3)17(20)18(12)2)8-6-13-7-9-15(21-4)16(11-13)22-5;/h6-11H,1-5H3;1H/q+1;/p-1/b8-6+;. The molecule has 23 heavy (non-hydrogen) atoms. The molecule has 0 fully saturated rings. The van der Waals surface area contributed by atoms with Crippen LogP contribution < -0.4 is 32.1 Å². The van der Waals surface area contributed by atoms with Crippen LogP contribution in [0.1, 0.15) is 17.0 Å². The maximum Gasteiger partial charge on any atom is 0.498 e. The molecule has 1 heterocycles. The summed E-state index contributed by atoms with van der Waals surface area (Å²) in [6.45, 7) is 1.91. The average molecular weight is 337 g/mol. The summed E-state index contributed by atoms with van der Waals surface area (Å²) < 4.78 is 13.7. The number of hydrogen-bond acceptors (Lipinski definition) is 3. The first-order valence-corrected chi connectivity index (χ1v) is 6.94. The van der Waals surface area contributed by atoms with Crippen LogP contribution >= 0.6 is 0 Å². The van der Waals surface area contributed by atoms with E-state index < -0.39 is 0 Å². The molecule has 0 N–H and O–H groups in total. The van der Waals surface area contributed by atoms with Crippen LogP contribution in [-0.4, -0.2) is 18.8 Å². The molecule has 0 amide bonds. The third kappa shape index (κ3) is 3.93. The highest BCUT2D eigenvalue weighted by atomic mass is 35.5. The molecule has 2 rings (SSSR count). The molecule has 6 heteroatoms. The molecule has 0 aliphatic heterocycles. The Bertz CT molecular complexity index is 782. The molecule has 2 aromatic rings. The molecule has 5 nitrogen and oxygen atoms in total. The van der Waals surface area contributed by atoms with Gasteiger partial charge in [0.15, 0.2) is 11.5 Å². The number of aromatic nitrogens is 2. The number of methoxy groups -OCH3 is 2. The van der Waals surface area contributed by atoms with Crippen molar-refractivity contribution in [2.24, 2.45) is 14.1 Å². The quantitative estimate of drug-likeness (QED) is 0.653. The highest BCUT2D eigenvalue weighted by Gasteiger charge is 2.11. The lowest BCUT2D eigenvalue weighted by Gasteiger charge is -2.07. The highest BCUT2D eigenvalue weighted by molar-refractivity contribution is 5.68. The maximum atomic E-state index is 12.1. The molecule has 0 saturated carbocycles. The summed E-state index contributed by atoms with van der Waals surface area (Å²) in [6.07, 6.45) is 3.85. The molecule has 0 saturated heterocycles. The Kier molecular flexibility index (Phi) is 6.39. The maximum absolute atomic E-state index is 12.1. The molecule has 0 spiro atoms. The molecule has 0 bridgehead atoms. The smallest absolute Gasteiger partial charge is 0.498 e. The first-order valence-electron chi connectivity index (χ1n) is 6.94. The fourth-order valence-corrected chi connectivity index (χ4v) is 2.19. The second-order valence-corrected chi connectivity index (χ2v) is 5.06. The van der Waals surface area contributed by atoms with Gasteiger partial charge in [0.2, 0.25) is 0 Å². The van der Waals surface area contributed by atoms with E-state index in [0.717, 1.165) is 17.0 Å². The van der Waals surface area contributed by atoms with Crippen molar-refractivity contribution in [1.82, 2.24) is 4.57 Å². The SMILES string of the molecule is COc1ccc(/C=C/c2cc(C)n(C)c(=O)[n+]2C)cc1OC.[Cl-]. The van der Waals surface area contributed by atoms with Gasteiger partial charge in [-0.05, 0) is 30.7 Å². The monoisotopic (exact) mass is 336 g/mol. The number of benzene rings is 1. The Morgan fingerprint density at radius 2 is 1.74 bits per heavy atom. The van der Waals surface area contributed by atoms with Gasteiger partial charge in [-0.2, -0.15) is 13.9 Å². The van der Waals surface area contributed by atoms with Crippen molar-refractivity contribution in [3.8, 4) is 11.5 Å². The highest BCUT2D eigenvalue weighted by Crippen LogP contribution is 2.28. The molecule has 1 aromatic heterocycles. The predicted molar refractivity (Wildman–Crippen MR) is 86.1 cm³/mol. The Morgan fingerprint density at radius 3 is 2.35 bits per heavy atom. The predicted octanol–water partition coefficient (Wildman–Crippen LogP) is -1.29. The summed E-state index contributed by atoms with van der Waals surface area (Å²) in [5.74, 6) is 1.36. The molecule has 124 valence electrons. The van der Waals surface area contributed by atoms with Gasteiger partial charge < -0.3 is 21.9 Å². The third-order valence-electron chi connectivity index (χ3n) is 3.70. The summed E-state index contributed by atoms with van der Waals surface area (Å²) in [5.41, 5.74) is 2.67. The van der Waals surface area contributed by atoms with E-state index in [4.69, 9.17) is 9.47 Å². The molecular formula is C17H21ClN2O3. The van der Waals surface area contributed by atoms with Crippen molar-refractivity contribution < 1.29 is 26.4 Å². The summed E-state index contributed by atoms with van der Waals surface area (Å²) in [7, 11) is 6.74. The van der Waals surface area contributed by atoms with Gasteiger partial charge in [0.25, 0.3) is 0 Å². The largest absolute Gasteiger partial charge is 1.00 e. The zero-order valence-electron chi connectivity index (χ0n) is 14.0. The summed E-state index contributed by atoms with van der Waals surface area (Å²) in [6, 6.07) is 7.65. The van der Waals surface area contributed by atoms with Crippen molar-refractivity contribution in [3.63, 3.8) is 0 Å². The lowest BCUT2D eigenvalue weighted by Crippen LogP contribution is -3.00. The Labute approximate surface area is 142 Å². The molecule has 0 unspecified atom stereocenters. The second kappa shape index (κ2) is 7.83. The van der Waals surface area contributed by atoms with Gasteiger partial charge in [-0.25, -0.2) is 0 Å². The van der Waals surface area contributed by atoms with Crippen LogP contribution in [0.4, 0.5) is 0 Å². The van der Waals surface area contributed by atoms with Crippen LogP contribution in [0.25, 0.3) is 12.2 Å². The van der Waals surface area contributed by atoms with Crippen molar-refractivity contribution in [2.45, 2.75) is 6.92 Å². The number of aryl methyl sites for hydroxylation is 1. The van der Waals surface area contributed by atoms with E-state index in [9.17, 15) is 4.79 Å². The van der Waals surface area contributed by atoms with E-state index in [2.05, 4.69) is 0 Å². The summed E-state index contributed by atoms with van der Waals surface area (Å²) >= 11 is 0. The lowest BCUT2D eigenvalue weighted by molar-refractivity contribution is -0.692. The number of ether oxygens (including phenoxy) is 2. The number of rotatable bonds is 4. The van der Waals surface area contributed by atoms with Gasteiger partial charge in [-0.1, -0.05) is 12.1 Å². The zero-order valence-corrected chi connectivity index (χ0v) is 14.7. The lowest BCUT2D eigenvalue weighted by atomic mass is 10.1. The van der Waals surface area contributed by atoms with Gasteiger partial charge in [0.05, 0.1) is 28.3 Å². The molecule has 0 aliphatic rings. The first-order chi connectivity index (χ1) is 10.5. The van der Waals surface area contributed by atoms with E-state index in [0.29, 0.717) is 11.5 Å². The van der Waals surface area contributed by atoms with E-state index in [1.54, 1.807) is 37.4 Å². The third-order valence-corrected chi connectivity index (χ3v) is 3.70. The second-order valence-electron chi connectivity index (χ2n) is 5.06. The number of halogens is 1. The number of hydrogen-bond donors (Lipinski definition) is 0. The van der Waals surface area contributed by atoms with Crippen LogP contribution in [0.2, 0.25) is 0 Å². The van der Waals surface area contributed by atoms with E-state index in [1.807, 2.05) is 43.3 Å².